The summed E-state index contributed by atoms with van der Waals surface area (Å²) < 4.78 is 27.5. The predicted octanol–water partition coefficient (Wildman–Crippen LogP) is 3.33. The fourth-order valence-corrected chi connectivity index (χ4v) is 4.59. The van der Waals surface area contributed by atoms with Crippen LogP contribution in [-0.2, 0) is 16.6 Å². The Kier molecular flexibility index (Phi) is 7.18. The summed E-state index contributed by atoms with van der Waals surface area (Å²) in [6.45, 7) is 7.43. The van der Waals surface area contributed by atoms with Crippen molar-refractivity contribution in [1.29, 1.82) is 0 Å². The second-order valence-corrected chi connectivity index (χ2v) is 8.62. The van der Waals surface area contributed by atoms with E-state index in [4.69, 9.17) is 11.6 Å². The molecule has 2 aromatic heterocycles. The van der Waals surface area contributed by atoms with Gasteiger partial charge in [0.1, 0.15) is 10.0 Å². The number of halogens is 1. The second-order valence-electron chi connectivity index (χ2n) is 5.26. The molecule has 0 saturated heterocycles. The largest absolute Gasteiger partial charge is 0.303 e. The molecule has 132 valence electrons. The third kappa shape index (κ3) is 5.00. The lowest BCUT2D eigenvalue weighted by Crippen LogP contribution is -2.38. The first-order valence-corrected chi connectivity index (χ1v) is 10.5. The zero-order valence-electron chi connectivity index (χ0n) is 13.9. The maximum absolute atomic E-state index is 13.0. The molecule has 0 saturated carbocycles. The summed E-state index contributed by atoms with van der Waals surface area (Å²) in [7, 11) is -3.61. The normalized spacial score (nSPS) is 12.2. The van der Waals surface area contributed by atoms with Crippen molar-refractivity contribution in [1.82, 2.24) is 14.2 Å². The van der Waals surface area contributed by atoms with Crippen LogP contribution in [0.15, 0.2) is 40.7 Å². The Morgan fingerprint density at radius 3 is 2.46 bits per heavy atom. The van der Waals surface area contributed by atoms with Gasteiger partial charge in [-0.3, -0.25) is 0 Å². The van der Waals surface area contributed by atoms with E-state index in [0.29, 0.717) is 19.6 Å². The Hall–Kier alpha value is -0.990. The van der Waals surface area contributed by atoms with E-state index in [2.05, 4.69) is 23.7 Å². The highest BCUT2D eigenvalue weighted by Crippen LogP contribution is 2.21. The molecule has 8 heteroatoms. The molecule has 2 rings (SSSR count). The van der Waals surface area contributed by atoms with Crippen LogP contribution in [0.5, 0.6) is 0 Å². The van der Waals surface area contributed by atoms with E-state index in [-0.39, 0.29) is 10.0 Å². The van der Waals surface area contributed by atoms with Gasteiger partial charge >= 0.3 is 0 Å². The molecule has 0 amide bonds. The summed E-state index contributed by atoms with van der Waals surface area (Å²) in [6, 6.07) is 6.88. The molecule has 2 aromatic rings. The summed E-state index contributed by atoms with van der Waals surface area (Å²) in [5.41, 5.74) is 0. The minimum Gasteiger partial charge on any atom is -0.303 e. The first-order valence-electron chi connectivity index (χ1n) is 7.83. The smallest absolute Gasteiger partial charge is 0.244 e. The maximum atomic E-state index is 13.0. The van der Waals surface area contributed by atoms with E-state index >= 15 is 0 Å². The van der Waals surface area contributed by atoms with Gasteiger partial charge in [-0.25, -0.2) is 13.4 Å². The number of hydrogen-bond acceptors (Lipinski definition) is 5. The van der Waals surface area contributed by atoms with Crippen LogP contribution < -0.4 is 0 Å². The topological polar surface area (TPSA) is 53.5 Å². The Balaban J connectivity index is 2.24. The van der Waals surface area contributed by atoms with Gasteiger partial charge in [0.25, 0.3) is 0 Å². The van der Waals surface area contributed by atoms with Crippen LogP contribution in [0.4, 0.5) is 0 Å². The van der Waals surface area contributed by atoms with Gasteiger partial charge in [0, 0.05) is 30.7 Å². The third-order valence-electron chi connectivity index (χ3n) is 3.81. The first kappa shape index (κ1) is 19.3. The molecule has 0 N–H and O–H groups in total. The predicted molar refractivity (Wildman–Crippen MR) is 98.9 cm³/mol. The van der Waals surface area contributed by atoms with Crippen molar-refractivity contribution < 1.29 is 8.42 Å². The van der Waals surface area contributed by atoms with Gasteiger partial charge in [-0.1, -0.05) is 31.5 Å². The summed E-state index contributed by atoms with van der Waals surface area (Å²) in [5.74, 6) is 0. The van der Waals surface area contributed by atoms with Crippen LogP contribution in [0, 0.1) is 0 Å². The fraction of sp³-hybridized carbons (Fsp3) is 0.438. The molecule has 0 radical (unpaired) electrons. The van der Waals surface area contributed by atoms with Crippen molar-refractivity contribution >= 4 is 33.0 Å². The monoisotopic (exact) mass is 387 g/mol. The number of thiophene rings is 1. The van der Waals surface area contributed by atoms with Crippen LogP contribution in [-0.4, -0.2) is 48.8 Å². The lowest BCUT2D eigenvalue weighted by Gasteiger charge is -2.25. The average Bonchev–Trinajstić information content (AvgIpc) is 3.08. The summed E-state index contributed by atoms with van der Waals surface area (Å²) in [4.78, 5) is 7.29. The molecule has 24 heavy (non-hydrogen) atoms. The molecule has 0 unspecified atom stereocenters. The van der Waals surface area contributed by atoms with E-state index in [1.54, 1.807) is 11.3 Å². The molecular weight excluding hydrogens is 366 g/mol. The van der Waals surface area contributed by atoms with Gasteiger partial charge in [0.15, 0.2) is 0 Å². The highest BCUT2D eigenvalue weighted by molar-refractivity contribution is 7.89. The van der Waals surface area contributed by atoms with E-state index < -0.39 is 10.0 Å². The van der Waals surface area contributed by atoms with Crippen molar-refractivity contribution in [3.05, 3.63) is 45.9 Å². The highest BCUT2D eigenvalue weighted by Gasteiger charge is 2.25. The lowest BCUT2D eigenvalue weighted by molar-refractivity contribution is 0.269. The quantitative estimate of drug-likeness (QED) is 0.619. The zero-order chi connectivity index (χ0) is 17.6. The molecule has 2 heterocycles. The van der Waals surface area contributed by atoms with Crippen LogP contribution in [0.2, 0.25) is 5.15 Å². The number of hydrogen-bond donors (Lipinski definition) is 0. The molecule has 0 bridgehead atoms. The number of rotatable bonds is 9. The van der Waals surface area contributed by atoms with Gasteiger partial charge in [-0.2, -0.15) is 4.31 Å². The van der Waals surface area contributed by atoms with Gasteiger partial charge in [0.05, 0.1) is 0 Å². The van der Waals surface area contributed by atoms with Gasteiger partial charge < -0.3 is 4.90 Å². The van der Waals surface area contributed by atoms with Crippen LogP contribution in [0.3, 0.4) is 0 Å². The SMILES string of the molecule is CCN(CC)CCN(Cc1cccs1)S(=O)(=O)c1ccc(Cl)nc1. The number of likely N-dealkylation sites (N-methyl/N-ethyl adjacent to an activating group) is 1. The summed E-state index contributed by atoms with van der Waals surface area (Å²) >= 11 is 7.33. The van der Waals surface area contributed by atoms with Crippen LogP contribution >= 0.6 is 22.9 Å². The van der Waals surface area contributed by atoms with Crippen molar-refractivity contribution in [2.45, 2.75) is 25.3 Å². The highest BCUT2D eigenvalue weighted by atomic mass is 35.5. The fourth-order valence-electron chi connectivity index (χ4n) is 2.32. The van der Waals surface area contributed by atoms with E-state index in [0.717, 1.165) is 18.0 Å². The van der Waals surface area contributed by atoms with E-state index in [1.807, 2.05) is 17.5 Å². The molecule has 5 nitrogen and oxygen atoms in total. The van der Waals surface area contributed by atoms with Crippen molar-refractivity contribution in [3.63, 3.8) is 0 Å². The standard InChI is InChI=1S/C16H22ClN3O2S2/c1-3-19(4-2)9-10-20(13-14-6-5-11-23-14)24(21,22)15-7-8-16(17)18-12-15/h5-8,11-12H,3-4,9-10,13H2,1-2H3. The summed E-state index contributed by atoms with van der Waals surface area (Å²) in [5, 5.41) is 2.23. The minimum absolute atomic E-state index is 0.169. The number of aromatic nitrogens is 1. The van der Waals surface area contributed by atoms with Gasteiger partial charge in [-0.15, -0.1) is 11.3 Å². The Morgan fingerprint density at radius 2 is 1.92 bits per heavy atom. The molecule has 0 aliphatic rings. The molecule has 0 spiro atoms. The number of pyridine rings is 1. The Bertz CT molecular complexity index is 714. The van der Waals surface area contributed by atoms with Crippen molar-refractivity contribution in [3.8, 4) is 0 Å². The molecule has 0 aliphatic carbocycles. The van der Waals surface area contributed by atoms with Crippen molar-refractivity contribution in [2.24, 2.45) is 0 Å². The molecular formula is C16H22ClN3O2S2. The van der Waals surface area contributed by atoms with Crippen LogP contribution in [0.1, 0.15) is 18.7 Å². The lowest BCUT2D eigenvalue weighted by atomic mass is 10.4. The van der Waals surface area contributed by atoms with Gasteiger partial charge in [-0.05, 0) is 36.7 Å². The first-order chi connectivity index (χ1) is 11.5. The molecule has 0 atom stereocenters. The molecule has 0 aromatic carbocycles. The minimum atomic E-state index is -3.61. The Labute approximate surface area is 152 Å². The third-order valence-corrected chi connectivity index (χ3v) is 6.72. The Morgan fingerprint density at radius 1 is 1.17 bits per heavy atom. The van der Waals surface area contributed by atoms with Crippen molar-refractivity contribution in [2.75, 3.05) is 26.2 Å². The van der Waals surface area contributed by atoms with E-state index in [9.17, 15) is 8.42 Å². The van der Waals surface area contributed by atoms with Gasteiger partial charge in [0.2, 0.25) is 10.0 Å². The average molecular weight is 388 g/mol. The number of sulfonamides is 1. The maximum Gasteiger partial charge on any atom is 0.244 e. The molecule has 0 fully saturated rings. The summed E-state index contributed by atoms with van der Waals surface area (Å²) in [6.07, 6.45) is 1.32. The zero-order valence-corrected chi connectivity index (χ0v) is 16.2. The second kappa shape index (κ2) is 8.92. The number of nitrogens with zero attached hydrogens (tertiary/aromatic N) is 3. The van der Waals surface area contributed by atoms with E-state index in [1.165, 1.54) is 22.6 Å². The van der Waals surface area contributed by atoms with Crippen LogP contribution in [0.25, 0.3) is 0 Å². The molecule has 0 aliphatic heterocycles.